The van der Waals surface area contributed by atoms with Crippen LogP contribution in [0.2, 0.25) is 0 Å². The molecule has 1 rings (SSSR count). The Kier molecular flexibility index (Phi) is 5.45. The molecule has 1 N–H and O–H groups in total. The number of benzene rings is 1. The first-order chi connectivity index (χ1) is 8.99. The van der Waals surface area contributed by atoms with Gasteiger partial charge in [0.1, 0.15) is 0 Å². The van der Waals surface area contributed by atoms with Crippen molar-refractivity contribution in [2.24, 2.45) is 0 Å². The summed E-state index contributed by atoms with van der Waals surface area (Å²) >= 11 is 3.00. The number of carbonyl (C=O) groups is 1. The molecule has 0 saturated carbocycles. The molecule has 1 amide bonds. The van der Waals surface area contributed by atoms with Gasteiger partial charge in [-0.05, 0) is 34.1 Å². The highest BCUT2D eigenvalue weighted by Crippen LogP contribution is 2.28. The van der Waals surface area contributed by atoms with Crippen LogP contribution in [0.5, 0.6) is 0 Å². The lowest BCUT2D eigenvalue weighted by Gasteiger charge is -2.09. The van der Waals surface area contributed by atoms with Crippen molar-refractivity contribution in [1.29, 1.82) is 0 Å². The van der Waals surface area contributed by atoms with Crippen LogP contribution in [0.25, 0.3) is 0 Å². The molecular formula is C10H8BrClF3NO3S. The molecule has 0 radical (unpaired) electrons. The van der Waals surface area contributed by atoms with Crippen LogP contribution in [0.3, 0.4) is 0 Å². The first-order valence-electron chi connectivity index (χ1n) is 5.10. The van der Waals surface area contributed by atoms with Crippen LogP contribution in [0, 0.1) is 0 Å². The van der Waals surface area contributed by atoms with Gasteiger partial charge in [-0.1, -0.05) is 0 Å². The third kappa shape index (κ3) is 5.68. The third-order valence-electron chi connectivity index (χ3n) is 2.13. The highest BCUT2D eigenvalue weighted by atomic mass is 79.9. The van der Waals surface area contributed by atoms with E-state index in [1.165, 1.54) is 6.07 Å². The van der Waals surface area contributed by atoms with Gasteiger partial charge in [-0.3, -0.25) is 4.79 Å². The maximum atomic E-state index is 11.9. The zero-order chi connectivity index (χ0) is 15.6. The predicted octanol–water partition coefficient (Wildman–Crippen LogP) is 3.66. The summed E-state index contributed by atoms with van der Waals surface area (Å²) < 4.78 is 58.2. The summed E-state index contributed by atoms with van der Waals surface area (Å²) in [6.45, 7) is 0. The maximum Gasteiger partial charge on any atom is 0.389 e. The molecule has 4 nitrogen and oxygen atoms in total. The average Bonchev–Trinajstić information content (AvgIpc) is 2.27. The standard InChI is InChI=1S/C10H8BrClF3NO3S/c11-7-5-6(20(12,18)19)1-2-8(7)16-9(17)3-4-10(13,14)15/h1-2,5H,3-4H2,(H,16,17). The van der Waals surface area contributed by atoms with Crippen molar-refractivity contribution in [3.63, 3.8) is 0 Å². The zero-order valence-corrected chi connectivity index (χ0v) is 12.8. The number of anilines is 1. The Bertz CT molecular complexity index is 619. The molecule has 0 bridgehead atoms. The summed E-state index contributed by atoms with van der Waals surface area (Å²) in [4.78, 5) is 11.1. The summed E-state index contributed by atoms with van der Waals surface area (Å²) in [5.41, 5.74) is 0.154. The Labute approximate surface area is 125 Å². The lowest BCUT2D eigenvalue weighted by molar-refractivity contribution is -0.142. The van der Waals surface area contributed by atoms with Crippen LogP contribution in [-0.4, -0.2) is 20.5 Å². The Balaban J connectivity index is 2.77. The van der Waals surface area contributed by atoms with Gasteiger partial charge < -0.3 is 5.32 Å². The molecule has 112 valence electrons. The molecule has 0 atom stereocenters. The number of alkyl halides is 3. The van der Waals surface area contributed by atoms with Crippen molar-refractivity contribution < 1.29 is 26.4 Å². The summed E-state index contributed by atoms with van der Waals surface area (Å²) in [6.07, 6.45) is -6.36. The second kappa shape index (κ2) is 6.31. The molecule has 20 heavy (non-hydrogen) atoms. The van der Waals surface area contributed by atoms with E-state index in [4.69, 9.17) is 10.7 Å². The average molecular weight is 395 g/mol. The van der Waals surface area contributed by atoms with E-state index >= 15 is 0 Å². The van der Waals surface area contributed by atoms with Crippen molar-refractivity contribution in [1.82, 2.24) is 0 Å². The fourth-order valence-corrected chi connectivity index (χ4v) is 2.62. The van der Waals surface area contributed by atoms with Gasteiger partial charge >= 0.3 is 6.18 Å². The lowest BCUT2D eigenvalue weighted by atomic mass is 10.2. The van der Waals surface area contributed by atoms with Crippen molar-refractivity contribution >= 4 is 47.3 Å². The van der Waals surface area contributed by atoms with E-state index in [9.17, 15) is 26.4 Å². The van der Waals surface area contributed by atoms with Gasteiger partial charge in [0.25, 0.3) is 9.05 Å². The van der Waals surface area contributed by atoms with Crippen LogP contribution in [0.15, 0.2) is 27.6 Å². The quantitative estimate of drug-likeness (QED) is 0.793. The molecule has 0 aliphatic rings. The second-order valence-electron chi connectivity index (χ2n) is 3.74. The van der Waals surface area contributed by atoms with Gasteiger partial charge in [-0.15, -0.1) is 0 Å². The first-order valence-corrected chi connectivity index (χ1v) is 8.20. The SMILES string of the molecule is O=C(CCC(F)(F)F)Nc1ccc(S(=O)(=O)Cl)cc1Br. The summed E-state index contributed by atoms with van der Waals surface area (Å²) in [5.74, 6) is -0.829. The maximum absolute atomic E-state index is 11.9. The van der Waals surface area contributed by atoms with Crippen molar-refractivity contribution in [2.75, 3.05) is 5.32 Å². The van der Waals surface area contributed by atoms with E-state index in [0.717, 1.165) is 12.1 Å². The monoisotopic (exact) mass is 393 g/mol. The minimum atomic E-state index is -4.41. The van der Waals surface area contributed by atoms with Crippen LogP contribution < -0.4 is 5.32 Å². The van der Waals surface area contributed by atoms with E-state index in [0.29, 0.717) is 0 Å². The largest absolute Gasteiger partial charge is 0.389 e. The number of carbonyl (C=O) groups excluding carboxylic acids is 1. The van der Waals surface area contributed by atoms with E-state index in [1.54, 1.807) is 0 Å². The van der Waals surface area contributed by atoms with Gasteiger partial charge in [0.2, 0.25) is 5.91 Å². The molecule has 0 saturated heterocycles. The first kappa shape index (κ1) is 17.3. The molecule has 1 aromatic carbocycles. The highest BCUT2D eigenvalue weighted by molar-refractivity contribution is 9.10. The Hall–Kier alpha value is -0.800. The van der Waals surface area contributed by atoms with E-state index < -0.39 is 34.0 Å². The van der Waals surface area contributed by atoms with E-state index in [2.05, 4.69) is 21.2 Å². The van der Waals surface area contributed by atoms with Gasteiger partial charge in [0, 0.05) is 21.6 Å². The molecule has 0 unspecified atom stereocenters. The van der Waals surface area contributed by atoms with Crippen LogP contribution in [0.4, 0.5) is 18.9 Å². The smallest absolute Gasteiger partial charge is 0.325 e. The molecule has 0 spiro atoms. The number of amides is 1. The zero-order valence-electron chi connectivity index (χ0n) is 9.67. The molecule has 0 heterocycles. The molecule has 10 heteroatoms. The Morgan fingerprint density at radius 2 is 1.95 bits per heavy atom. The Morgan fingerprint density at radius 1 is 1.35 bits per heavy atom. The van der Waals surface area contributed by atoms with Crippen LogP contribution in [0.1, 0.15) is 12.8 Å². The van der Waals surface area contributed by atoms with Crippen molar-refractivity contribution in [3.05, 3.63) is 22.7 Å². The molecule has 1 aromatic rings. The summed E-state index contributed by atoms with van der Waals surface area (Å²) in [5, 5.41) is 2.24. The lowest BCUT2D eigenvalue weighted by Crippen LogP contribution is -2.16. The summed E-state index contributed by atoms with van der Waals surface area (Å²) in [6, 6.07) is 3.50. The molecule has 0 aliphatic heterocycles. The van der Waals surface area contributed by atoms with Crippen LogP contribution in [-0.2, 0) is 13.8 Å². The van der Waals surface area contributed by atoms with Gasteiger partial charge in [0.15, 0.2) is 0 Å². The number of hydrogen-bond donors (Lipinski definition) is 1. The number of nitrogens with one attached hydrogen (secondary N) is 1. The number of halogens is 5. The minimum absolute atomic E-state index is 0.154. The molecule has 0 aromatic heterocycles. The van der Waals surface area contributed by atoms with E-state index in [1.807, 2.05) is 0 Å². The van der Waals surface area contributed by atoms with Gasteiger partial charge in [-0.2, -0.15) is 13.2 Å². The number of rotatable bonds is 4. The number of hydrogen-bond acceptors (Lipinski definition) is 3. The normalized spacial score (nSPS) is 12.2. The highest BCUT2D eigenvalue weighted by Gasteiger charge is 2.28. The summed E-state index contributed by atoms with van der Waals surface area (Å²) in [7, 11) is 1.21. The molecule has 0 aliphatic carbocycles. The minimum Gasteiger partial charge on any atom is -0.325 e. The van der Waals surface area contributed by atoms with Crippen molar-refractivity contribution in [3.8, 4) is 0 Å². The van der Waals surface area contributed by atoms with E-state index in [-0.39, 0.29) is 15.1 Å². The van der Waals surface area contributed by atoms with Gasteiger partial charge in [-0.25, -0.2) is 8.42 Å². The van der Waals surface area contributed by atoms with Gasteiger partial charge in [0.05, 0.1) is 17.0 Å². The third-order valence-corrected chi connectivity index (χ3v) is 4.14. The Morgan fingerprint density at radius 3 is 2.40 bits per heavy atom. The predicted molar refractivity (Wildman–Crippen MR) is 71.1 cm³/mol. The topological polar surface area (TPSA) is 63.2 Å². The molecular weight excluding hydrogens is 387 g/mol. The fourth-order valence-electron chi connectivity index (χ4n) is 1.22. The van der Waals surface area contributed by atoms with Crippen molar-refractivity contribution in [2.45, 2.75) is 23.9 Å². The fraction of sp³-hybridized carbons (Fsp3) is 0.300. The second-order valence-corrected chi connectivity index (χ2v) is 7.16. The molecule has 0 fully saturated rings. The van der Waals surface area contributed by atoms with Crippen LogP contribution >= 0.6 is 26.6 Å².